The van der Waals surface area contributed by atoms with E-state index in [2.05, 4.69) is 33.9 Å². The van der Waals surface area contributed by atoms with Crippen LogP contribution in [0.15, 0.2) is 6.33 Å². The van der Waals surface area contributed by atoms with E-state index in [1.165, 1.54) is 19.3 Å². The molecule has 0 saturated heterocycles. The summed E-state index contributed by atoms with van der Waals surface area (Å²) in [6.45, 7) is 5.49. The topological polar surface area (TPSA) is 42.7 Å². The number of nitrogens with zero attached hydrogens (tertiary/aromatic N) is 3. The largest absolute Gasteiger partial charge is 0.313 e. The van der Waals surface area contributed by atoms with Crippen molar-refractivity contribution < 1.29 is 0 Å². The lowest BCUT2D eigenvalue weighted by Crippen LogP contribution is -2.26. The third kappa shape index (κ3) is 2.43. The molecule has 0 aliphatic heterocycles. The van der Waals surface area contributed by atoms with E-state index >= 15 is 0 Å². The van der Waals surface area contributed by atoms with Crippen molar-refractivity contribution in [1.29, 1.82) is 0 Å². The molecule has 0 bridgehead atoms. The SMILES string of the molecule is CNCc1ncnn1C1CC(C)CC(C)C1. The number of hydrogen-bond acceptors (Lipinski definition) is 3. The van der Waals surface area contributed by atoms with Crippen LogP contribution >= 0.6 is 0 Å². The van der Waals surface area contributed by atoms with Crippen molar-refractivity contribution in [3.8, 4) is 0 Å². The molecule has 2 rings (SSSR count). The van der Waals surface area contributed by atoms with Crippen LogP contribution in [0.1, 0.15) is 45.0 Å². The Morgan fingerprint density at radius 1 is 1.31 bits per heavy atom. The second-order valence-corrected chi connectivity index (χ2v) is 5.22. The van der Waals surface area contributed by atoms with E-state index in [1.807, 2.05) is 7.05 Å². The molecule has 0 aromatic carbocycles. The van der Waals surface area contributed by atoms with Gasteiger partial charge in [-0.05, 0) is 38.1 Å². The fourth-order valence-electron chi connectivity index (χ4n) is 2.97. The molecule has 1 aliphatic carbocycles. The van der Waals surface area contributed by atoms with E-state index in [4.69, 9.17) is 0 Å². The van der Waals surface area contributed by atoms with Gasteiger partial charge in [0.05, 0.1) is 12.6 Å². The Labute approximate surface area is 97.5 Å². The molecule has 90 valence electrons. The van der Waals surface area contributed by atoms with Crippen LogP contribution in [0.2, 0.25) is 0 Å². The van der Waals surface area contributed by atoms with E-state index < -0.39 is 0 Å². The highest BCUT2D eigenvalue weighted by molar-refractivity contribution is 4.89. The van der Waals surface area contributed by atoms with Gasteiger partial charge in [-0.2, -0.15) is 5.10 Å². The molecule has 1 aromatic heterocycles. The van der Waals surface area contributed by atoms with Crippen molar-refractivity contribution in [1.82, 2.24) is 20.1 Å². The third-order valence-corrected chi connectivity index (χ3v) is 3.48. The van der Waals surface area contributed by atoms with Crippen molar-refractivity contribution in [2.24, 2.45) is 11.8 Å². The molecule has 2 atom stereocenters. The van der Waals surface area contributed by atoms with E-state index in [9.17, 15) is 0 Å². The number of aromatic nitrogens is 3. The summed E-state index contributed by atoms with van der Waals surface area (Å²) in [5, 5.41) is 7.54. The first kappa shape index (κ1) is 11.6. The van der Waals surface area contributed by atoms with Crippen molar-refractivity contribution in [2.45, 2.75) is 45.7 Å². The smallest absolute Gasteiger partial charge is 0.141 e. The molecule has 4 nitrogen and oxygen atoms in total. The molecule has 1 fully saturated rings. The maximum atomic E-state index is 4.39. The zero-order valence-electron chi connectivity index (χ0n) is 10.5. The van der Waals surface area contributed by atoms with Crippen LogP contribution in [0.25, 0.3) is 0 Å². The van der Waals surface area contributed by atoms with Crippen LogP contribution in [0.4, 0.5) is 0 Å². The standard InChI is InChI=1S/C12H22N4/c1-9-4-10(2)6-11(5-9)16-12(7-13-3)14-8-15-16/h8-11,13H,4-7H2,1-3H3. The van der Waals surface area contributed by atoms with E-state index in [1.54, 1.807) is 6.33 Å². The Bertz CT molecular complexity index is 324. The predicted molar refractivity (Wildman–Crippen MR) is 64.0 cm³/mol. The third-order valence-electron chi connectivity index (χ3n) is 3.48. The van der Waals surface area contributed by atoms with E-state index in [0.29, 0.717) is 6.04 Å². The summed E-state index contributed by atoms with van der Waals surface area (Å²) in [7, 11) is 1.95. The molecule has 0 spiro atoms. The van der Waals surface area contributed by atoms with Gasteiger partial charge in [0, 0.05) is 0 Å². The Morgan fingerprint density at radius 3 is 2.62 bits per heavy atom. The number of hydrogen-bond donors (Lipinski definition) is 1. The molecule has 1 saturated carbocycles. The zero-order valence-corrected chi connectivity index (χ0v) is 10.5. The van der Waals surface area contributed by atoms with Gasteiger partial charge in [-0.1, -0.05) is 13.8 Å². The highest BCUT2D eigenvalue weighted by Gasteiger charge is 2.26. The van der Waals surface area contributed by atoms with Gasteiger partial charge < -0.3 is 5.32 Å². The molecular weight excluding hydrogens is 200 g/mol. The average Bonchev–Trinajstić information content (AvgIpc) is 2.65. The van der Waals surface area contributed by atoms with Gasteiger partial charge in [0.15, 0.2) is 0 Å². The quantitative estimate of drug-likeness (QED) is 0.850. The lowest BCUT2D eigenvalue weighted by Gasteiger charge is -2.32. The monoisotopic (exact) mass is 222 g/mol. The summed E-state index contributed by atoms with van der Waals surface area (Å²) >= 11 is 0. The van der Waals surface area contributed by atoms with Gasteiger partial charge in [0.1, 0.15) is 12.2 Å². The van der Waals surface area contributed by atoms with Crippen LogP contribution in [0, 0.1) is 11.8 Å². The van der Waals surface area contributed by atoms with Crippen LogP contribution in [-0.4, -0.2) is 21.8 Å². The minimum absolute atomic E-state index is 0.546. The minimum atomic E-state index is 0.546. The highest BCUT2D eigenvalue weighted by Crippen LogP contribution is 2.35. The summed E-state index contributed by atoms with van der Waals surface area (Å²) < 4.78 is 2.13. The highest BCUT2D eigenvalue weighted by atomic mass is 15.4. The number of nitrogens with one attached hydrogen (secondary N) is 1. The minimum Gasteiger partial charge on any atom is -0.313 e. The molecule has 0 radical (unpaired) electrons. The first-order chi connectivity index (χ1) is 7.70. The fraction of sp³-hybridized carbons (Fsp3) is 0.833. The van der Waals surface area contributed by atoms with Gasteiger partial charge in [-0.15, -0.1) is 0 Å². The Morgan fingerprint density at radius 2 is 2.00 bits per heavy atom. The normalized spacial score (nSPS) is 30.6. The summed E-state index contributed by atoms with van der Waals surface area (Å²) in [5.41, 5.74) is 0. The van der Waals surface area contributed by atoms with Gasteiger partial charge >= 0.3 is 0 Å². The molecule has 1 heterocycles. The molecule has 4 heteroatoms. The lowest BCUT2D eigenvalue weighted by atomic mass is 9.80. The lowest BCUT2D eigenvalue weighted by molar-refractivity contribution is 0.206. The van der Waals surface area contributed by atoms with Gasteiger partial charge in [0.2, 0.25) is 0 Å². The number of rotatable bonds is 3. The first-order valence-corrected chi connectivity index (χ1v) is 6.23. The summed E-state index contributed by atoms with van der Waals surface area (Å²) in [5.74, 6) is 2.68. The van der Waals surface area contributed by atoms with Crippen LogP contribution < -0.4 is 5.32 Å². The fourth-order valence-corrected chi connectivity index (χ4v) is 2.97. The maximum absolute atomic E-state index is 4.39. The van der Waals surface area contributed by atoms with Crippen molar-refractivity contribution in [2.75, 3.05) is 7.05 Å². The van der Waals surface area contributed by atoms with E-state index in [0.717, 1.165) is 24.2 Å². The van der Waals surface area contributed by atoms with Crippen LogP contribution in [0.5, 0.6) is 0 Å². The van der Waals surface area contributed by atoms with E-state index in [-0.39, 0.29) is 0 Å². The van der Waals surface area contributed by atoms with Gasteiger partial charge in [0.25, 0.3) is 0 Å². The van der Waals surface area contributed by atoms with Crippen molar-refractivity contribution in [3.05, 3.63) is 12.2 Å². The molecule has 1 aliphatic rings. The Kier molecular flexibility index (Phi) is 3.59. The summed E-state index contributed by atoms with van der Waals surface area (Å²) in [4.78, 5) is 4.32. The molecule has 0 amide bonds. The summed E-state index contributed by atoms with van der Waals surface area (Å²) in [6, 6.07) is 0.546. The van der Waals surface area contributed by atoms with Crippen LogP contribution in [0.3, 0.4) is 0 Å². The van der Waals surface area contributed by atoms with Gasteiger partial charge in [-0.25, -0.2) is 9.67 Å². The zero-order chi connectivity index (χ0) is 11.5. The molecule has 16 heavy (non-hydrogen) atoms. The van der Waals surface area contributed by atoms with Crippen molar-refractivity contribution in [3.63, 3.8) is 0 Å². The molecule has 1 N–H and O–H groups in total. The second kappa shape index (κ2) is 4.95. The molecular formula is C12H22N4. The predicted octanol–water partition coefficient (Wildman–Crippen LogP) is 1.99. The molecule has 2 unspecified atom stereocenters. The molecule has 1 aromatic rings. The Hall–Kier alpha value is -0.900. The van der Waals surface area contributed by atoms with Crippen molar-refractivity contribution >= 4 is 0 Å². The van der Waals surface area contributed by atoms with Crippen LogP contribution in [-0.2, 0) is 6.54 Å². The first-order valence-electron chi connectivity index (χ1n) is 6.23. The summed E-state index contributed by atoms with van der Waals surface area (Å²) in [6.07, 6.45) is 5.51. The maximum Gasteiger partial charge on any atom is 0.141 e. The average molecular weight is 222 g/mol. The second-order valence-electron chi connectivity index (χ2n) is 5.22. The Balaban J connectivity index is 2.13. The van der Waals surface area contributed by atoms with Gasteiger partial charge in [-0.3, -0.25) is 0 Å².